The number of hydrogen-bond acceptors (Lipinski definition) is 2. The van der Waals surface area contributed by atoms with Crippen LogP contribution < -0.4 is 0 Å². The Kier molecular flexibility index (Phi) is 1.24. The minimum absolute atomic E-state index is 0.336. The molecular formula is C9H12O3. The SMILES string of the molecule is C[C@]12C=C[C@](C)(O1)C(C(=O)O)C2. The van der Waals surface area contributed by atoms with Crippen molar-refractivity contribution in [3.05, 3.63) is 12.2 Å². The van der Waals surface area contributed by atoms with Gasteiger partial charge in [0.25, 0.3) is 0 Å². The number of ether oxygens (including phenoxy) is 1. The fraction of sp³-hybridized carbons (Fsp3) is 0.667. The Balaban J connectivity index is 2.35. The summed E-state index contributed by atoms with van der Waals surface area (Å²) in [5, 5.41) is 8.90. The molecule has 1 saturated heterocycles. The van der Waals surface area contributed by atoms with Crippen molar-refractivity contribution in [2.75, 3.05) is 0 Å². The smallest absolute Gasteiger partial charge is 0.309 e. The van der Waals surface area contributed by atoms with E-state index in [9.17, 15) is 4.79 Å². The molecule has 0 aliphatic carbocycles. The first-order valence-corrected chi connectivity index (χ1v) is 4.09. The maximum atomic E-state index is 10.8. The van der Waals surface area contributed by atoms with Gasteiger partial charge >= 0.3 is 5.97 Å². The van der Waals surface area contributed by atoms with Gasteiger partial charge in [-0.2, -0.15) is 0 Å². The summed E-state index contributed by atoms with van der Waals surface area (Å²) in [5.41, 5.74) is -0.904. The first kappa shape index (κ1) is 7.80. The Morgan fingerprint density at radius 2 is 2.25 bits per heavy atom. The number of carboxylic acids is 1. The average Bonchev–Trinajstić information content (AvgIpc) is 2.36. The van der Waals surface area contributed by atoms with Crippen molar-refractivity contribution in [2.24, 2.45) is 5.92 Å². The molecule has 0 amide bonds. The predicted octanol–water partition coefficient (Wildman–Crippen LogP) is 1.19. The van der Waals surface area contributed by atoms with E-state index in [0.717, 1.165) is 0 Å². The number of carboxylic acid groups (broad SMARTS) is 1. The van der Waals surface area contributed by atoms with E-state index >= 15 is 0 Å². The van der Waals surface area contributed by atoms with Crippen molar-refractivity contribution in [3.63, 3.8) is 0 Å². The molecule has 66 valence electrons. The average molecular weight is 168 g/mol. The van der Waals surface area contributed by atoms with Crippen LogP contribution in [-0.2, 0) is 9.53 Å². The number of rotatable bonds is 1. The van der Waals surface area contributed by atoms with Crippen LogP contribution in [0, 0.1) is 5.92 Å². The van der Waals surface area contributed by atoms with Gasteiger partial charge in [-0.05, 0) is 20.3 Å². The van der Waals surface area contributed by atoms with Crippen molar-refractivity contribution in [2.45, 2.75) is 31.5 Å². The number of aliphatic carboxylic acids is 1. The predicted molar refractivity (Wildman–Crippen MR) is 42.8 cm³/mol. The summed E-state index contributed by atoms with van der Waals surface area (Å²) in [4.78, 5) is 10.8. The summed E-state index contributed by atoms with van der Waals surface area (Å²) in [6.45, 7) is 3.76. The van der Waals surface area contributed by atoms with Crippen molar-refractivity contribution in [3.8, 4) is 0 Å². The highest BCUT2D eigenvalue weighted by molar-refractivity contribution is 5.73. The van der Waals surface area contributed by atoms with Crippen molar-refractivity contribution in [1.82, 2.24) is 0 Å². The maximum Gasteiger partial charge on any atom is 0.309 e. The molecule has 0 spiro atoms. The Bertz CT molecular complexity index is 271. The van der Waals surface area contributed by atoms with Gasteiger partial charge in [0.05, 0.1) is 17.1 Å². The second-order valence-electron chi connectivity index (χ2n) is 4.03. The monoisotopic (exact) mass is 168 g/mol. The molecule has 3 nitrogen and oxygen atoms in total. The van der Waals surface area contributed by atoms with Crippen molar-refractivity contribution < 1.29 is 14.6 Å². The molecule has 0 radical (unpaired) electrons. The highest BCUT2D eigenvalue weighted by Gasteiger charge is 2.55. The fourth-order valence-corrected chi connectivity index (χ4v) is 2.15. The van der Waals surface area contributed by atoms with E-state index in [1.165, 1.54) is 0 Å². The topological polar surface area (TPSA) is 46.5 Å². The maximum absolute atomic E-state index is 10.8. The number of fused-ring (bicyclic) bond motifs is 2. The first-order chi connectivity index (χ1) is 5.45. The van der Waals surface area contributed by atoms with E-state index in [2.05, 4.69) is 0 Å². The van der Waals surface area contributed by atoms with Gasteiger partial charge in [-0.15, -0.1) is 0 Å². The molecule has 0 aromatic rings. The Hall–Kier alpha value is -0.830. The molecular weight excluding hydrogens is 156 g/mol. The second-order valence-corrected chi connectivity index (χ2v) is 4.03. The van der Waals surface area contributed by atoms with Crippen LogP contribution in [-0.4, -0.2) is 22.3 Å². The number of carbonyl (C=O) groups is 1. The molecule has 1 N–H and O–H groups in total. The van der Waals surface area contributed by atoms with E-state index in [1.54, 1.807) is 0 Å². The highest BCUT2D eigenvalue weighted by atomic mass is 16.5. The Labute approximate surface area is 71.0 Å². The van der Waals surface area contributed by atoms with Crippen LogP contribution in [0.3, 0.4) is 0 Å². The molecule has 12 heavy (non-hydrogen) atoms. The summed E-state index contributed by atoms with van der Waals surface area (Å²) < 4.78 is 5.63. The summed E-state index contributed by atoms with van der Waals surface area (Å²) in [6, 6.07) is 0. The summed E-state index contributed by atoms with van der Waals surface area (Å²) in [7, 11) is 0. The molecule has 2 bridgehead atoms. The van der Waals surface area contributed by atoms with E-state index in [1.807, 2.05) is 26.0 Å². The van der Waals surface area contributed by atoms with Gasteiger partial charge in [0, 0.05) is 0 Å². The van der Waals surface area contributed by atoms with Crippen LogP contribution in [0.1, 0.15) is 20.3 Å². The van der Waals surface area contributed by atoms with Crippen LogP contribution in [0.5, 0.6) is 0 Å². The van der Waals surface area contributed by atoms with Gasteiger partial charge in [-0.3, -0.25) is 4.79 Å². The summed E-state index contributed by atoms with van der Waals surface area (Å²) >= 11 is 0. The summed E-state index contributed by atoms with van der Waals surface area (Å²) in [5.74, 6) is -1.14. The van der Waals surface area contributed by atoms with Gasteiger partial charge in [-0.25, -0.2) is 0 Å². The third-order valence-corrected chi connectivity index (χ3v) is 2.82. The van der Waals surface area contributed by atoms with Gasteiger partial charge < -0.3 is 9.84 Å². The molecule has 2 heterocycles. The van der Waals surface area contributed by atoms with E-state index in [4.69, 9.17) is 9.84 Å². The minimum Gasteiger partial charge on any atom is -0.481 e. The molecule has 0 aromatic carbocycles. The van der Waals surface area contributed by atoms with Gasteiger partial charge in [0.2, 0.25) is 0 Å². The van der Waals surface area contributed by atoms with Gasteiger partial charge in [0.15, 0.2) is 0 Å². The minimum atomic E-state index is -0.759. The summed E-state index contributed by atoms with van der Waals surface area (Å²) in [6.07, 6.45) is 4.43. The molecule has 2 rings (SSSR count). The highest BCUT2D eigenvalue weighted by Crippen LogP contribution is 2.49. The van der Waals surface area contributed by atoms with Crippen molar-refractivity contribution in [1.29, 1.82) is 0 Å². The molecule has 1 unspecified atom stereocenters. The molecule has 3 heteroatoms. The first-order valence-electron chi connectivity index (χ1n) is 4.09. The van der Waals surface area contributed by atoms with E-state index < -0.39 is 11.6 Å². The third-order valence-electron chi connectivity index (χ3n) is 2.82. The van der Waals surface area contributed by atoms with E-state index in [0.29, 0.717) is 6.42 Å². The zero-order valence-corrected chi connectivity index (χ0v) is 7.20. The van der Waals surface area contributed by atoms with Gasteiger partial charge in [0.1, 0.15) is 0 Å². The molecule has 2 aliphatic heterocycles. The van der Waals surface area contributed by atoms with Crippen LogP contribution >= 0.6 is 0 Å². The Morgan fingerprint density at radius 1 is 1.58 bits per heavy atom. The largest absolute Gasteiger partial charge is 0.481 e. The lowest BCUT2D eigenvalue weighted by Gasteiger charge is -2.21. The quantitative estimate of drug-likeness (QED) is 0.598. The lowest BCUT2D eigenvalue weighted by Crippen LogP contribution is -2.33. The van der Waals surface area contributed by atoms with Gasteiger partial charge in [-0.1, -0.05) is 12.2 Å². The molecule has 2 aliphatic rings. The lowest BCUT2D eigenvalue weighted by molar-refractivity contribution is -0.145. The zero-order chi connectivity index (χ0) is 8.98. The molecule has 3 atom stereocenters. The standard InChI is InChI=1S/C9H12O3/c1-8-3-4-9(2,12-8)6(5-8)7(10)11/h3-4,6H,5H2,1-2H3,(H,10,11)/t6?,8-,9+/m1/s1. The second kappa shape index (κ2) is 1.91. The Morgan fingerprint density at radius 3 is 2.50 bits per heavy atom. The van der Waals surface area contributed by atoms with Crippen LogP contribution in [0.15, 0.2) is 12.2 Å². The molecule has 0 aromatic heterocycles. The molecule has 0 saturated carbocycles. The number of hydrogen-bond donors (Lipinski definition) is 1. The van der Waals surface area contributed by atoms with Crippen LogP contribution in [0.2, 0.25) is 0 Å². The van der Waals surface area contributed by atoms with Crippen LogP contribution in [0.4, 0.5) is 0 Å². The molecule has 1 fully saturated rings. The zero-order valence-electron chi connectivity index (χ0n) is 7.20. The third kappa shape index (κ3) is 0.829. The van der Waals surface area contributed by atoms with E-state index in [-0.39, 0.29) is 11.5 Å². The normalized spacial score (nSPS) is 50.0. The lowest BCUT2D eigenvalue weighted by atomic mass is 9.81. The fourth-order valence-electron chi connectivity index (χ4n) is 2.15. The van der Waals surface area contributed by atoms with Crippen LogP contribution in [0.25, 0.3) is 0 Å². The van der Waals surface area contributed by atoms with Crippen molar-refractivity contribution >= 4 is 5.97 Å².